The second kappa shape index (κ2) is 13.3. The first-order valence-corrected chi connectivity index (χ1v) is 7.75. The van der Waals surface area contributed by atoms with Gasteiger partial charge in [0.15, 0.2) is 0 Å². The molecule has 156 valence electrons. The molecule has 0 radical (unpaired) electrons. The molecular formula is C18H24F2N2O6. The molecule has 2 rings (SSSR count). The summed E-state index contributed by atoms with van der Waals surface area (Å²) in [5, 5.41) is 20.6. The minimum Gasteiger partial charge on any atom is -0.544 e. The quantitative estimate of drug-likeness (QED) is 0.494. The molecule has 0 heterocycles. The van der Waals surface area contributed by atoms with Crippen molar-refractivity contribution in [2.75, 3.05) is 0 Å². The van der Waals surface area contributed by atoms with E-state index in [9.17, 15) is 28.6 Å². The molecule has 0 fully saturated rings. The van der Waals surface area contributed by atoms with Crippen molar-refractivity contribution in [2.45, 2.75) is 24.9 Å². The van der Waals surface area contributed by atoms with Crippen LogP contribution < -0.4 is 21.7 Å². The van der Waals surface area contributed by atoms with E-state index in [0.29, 0.717) is 0 Å². The fourth-order valence-electron chi connectivity index (χ4n) is 1.98. The van der Waals surface area contributed by atoms with Crippen LogP contribution in [-0.4, -0.2) is 35.0 Å². The Hall–Kier alpha value is -2.92. The Morgan fingerprint density at radius 1 is 0.714 bits per heavy atom. The second-order valence-corrected chi connectivity index (χ2v) is 5.69. The van der Waals surface area contributed by atoms with Crippen LogP contribution in [0.2, 0.25) is 0 Å². The normalized spacial score (nSPS) is 11.6. The number of benzene rings is 2. The van der Waals surface area contributed by atoms with Crippen LogP contribution >= 0.6 is 0 Å². The number of rotatable bonds is 6. The van der Waals surface area contributed by atoms with Crippen LogP contribution in [0.4, 0.5) is 8.78 Å². The highest BCUT2D eigenvalue weighted by Crippen LogP contribution is 2.04. The molecule has 10 N–H and O–H groups in total. The van der Waals surface area contributed by atoms with Gasteiger partial charge in [-0.1, -0.05) is 24.3 Å². The molecule has 10 heteroatoms. The van der Waals surface area contributed by atoms with E-state index >= 15 is 0 Å². The number of carbonyl (C=O) groups is 2. The smallest absolute Gasteiger partial charge is 0.129 e. The summed E-state index contributed by atoms with van der Waals surface area (Å²) in [5.41, 5.74) is 8.28. The van der Waals surface area contributed by atoms with Crippen LogP contribution in [0.25, 0.3) is 0 Å². The maximum absolute atomic E-state index is 12.4. The van der Waals surface area contributed by atoms with Gasteiger partial charge in [0.2, 0.25) is 0 Å². The van der Waals surface area contributed by atoms with Gasteiger partial charge in [-0.25, -0.2) is 8.78 Å². The number of carboxylic acid groups (broad SMARTS) is 2. The van der Waals surface area contributed by atoms with Gasteiger partial charge in [0, 0.05) is 12.8 Å². The van der Waals surface area contributed by atoms with E-state index in [1.165, 1.54) is 48.5 Å². The third-order valence-electron chi connectivity index (χ3n) is 3.46. The van der Waals surface area contributed by atoms with Gasteiger partial charge >= 0.3 is 0 Å². The van der Waals surface area contributed by atoms with Gasteiger partial charge < -0.3 is 42.2 Å². The van der Waals surface area contributed by atoms with Crippen LogP contribution in [0, 0.1) is 11.6 Å². The molecule has 0 aliphatic rings. The van der Waals surface area contributed by atoms with Crippen molar-refractivity contribution in [3.05, 3.63) is 71.3 Å². The van der Waals surface area contributed by atoms with Gasteiger partial charge in [0.1, 0.15) is 23.7 Å². The molecule has 0 bridgehead atoms. The molecule has 0 aliphatic carbocycles. The van der Waals surface area contributed by atoms with Crippen molar-refractivity contribution in [3.8, 4) is 0 Å². The zero-order valence-electron chi connectivity index (χ0n) is 15.0. The average molecular weight is 402 g/mol. The van der Waals surface area contributed by atoms with E-state index in [2.05, 4.69) is 11.5 Å². The number of hydrogen-bond acceptors (Lipinski definition) is 4. The summed E-state index contributed by atoms with van der Waals surface area (Å²) < 4.78 is 24.9. The molecule has 0 amide bonds. The van der Waals surface area contributed by atoms with Crippen LogP contribution in [0.3, 0.4) is 0 Å². The Morgan fingerprint density at radius 2 is 0.964 bits per heavy atom. The van der Waals surface area contributed by atoms with Crippen LogP contribution in [0.5, 0.6) is 0 Å². The predicted molar refractivity (Wildman–Crippen MR) is 90.8 cm³/mol. The first kappa shape index (κ1) is 27.3. The van der Waals surface area contributed by atoms with Crippen LogP contribution in [0.15, 0.2) is 48.5 Å². The number of carboxylic acids is 2. The molecule has 0 aromatic heterocycles. The van der Waals surface area contributed by atoms with E-state index in [1.54, 1.807) is 0 Å². The topological polar surface area (TPSA) is 199 Å². The second-order valence-electron chi connectivity index (χ2n) is 5.69. The van der Waals surface area contributed by atoms with Crippen molar-refractivity contribution in [3.63, 3.8) is 0 Å². The molecule has 0 unspecified atom stereocenters. The van der Waals surface area contributed by atoms with Gasteiger partial charge in [-0.3, -0.25) is 0 Å². The third kappa shape index (κ3) is 10.3. The SMILES string of the molecule is O.O.[NH3+][C@@H](Cc1ccc(F)cc1)C(=O)[O-].[NH3+][C@@H](Cc1ccc(F)cc1)C(=O)[O-]. The molecule has 0 saturated heterocycles. The van der Waals surface area contributed by atoms with E-state index in [-0.39, 0.29) is 35.4 Å². The highest BCUT2D eigenvalue weighted by Gasteiger charge is 2.08. The summed E-state index contributed by atoms with van der Waals surface area (Å²) in [6, 6.07) is 9.74. The van der Waals surface area contributed by atoms with Crippen molar-refractivity contribution < 1.29 is 51.0 Å². The molecule has 0 spiro atoms. The molecule has 28 heavy (non-hydrogen) atoms. The number of quaternary nitrogens is 2. The highest BCUT2D eigenvalue weighted by atomic mass is 19.1. The lowest BCUT2D eigenvalue weighted by molar-refractivity contribution is -0.437. The summed E-state index contributed by atoms with van der Waals surface area (Å²) in [6.45, 7) is 0. The zero-order chi connectivity index (χ0) is 19.7. The van der Waals surface area contributed by atoms with Crippen LogP contribution in [-0.2, 0) is 22.4 Å². The van der Waals surface area contributed by atoms with Crippen molar-refractivity contribution in [1.29, 1.82) is 0 Å². The van der Waals surface area contributed by atoms with Crippen molar-refractivity contribution >= 4 is 11.9 Å². The maximum Gasteiger partial charge on any atom is 0.129 e. The minimum atomic E-state index is -1.19. The molecule has 8 nitrogen and oxygen atoms in total. The fourth-order valence-corrected chi connectivity index (χ4v) is 1.98. The summed E-state index contributed by atoms with van der Waals surface area (Å²) >= 11 is 0. The van der Waals surface area contributed by atoms with E-state index in [4.69, 9.17) is 0 Å². The highest BCUT2D eigenvalue weighted by molar-refractivity contribution is 5.70. The Balaban J connectivity index is 0. The van der Waals surface area contributed by atoms with Gasteiger partial charge in [-0.15, -0.1) is 0 Å². The Labute approximate surface area is 160 Å². The minimum absolute atomic E-state index is 0. The number of halogens is 2. The first-order chi connectivity index (χ1) is 12.2. The van der Waals surface area contributed by atoms with E-state index in [0.717, 1.165) is 11.1 Å². The summed E-state index contributed by atoms with van der Waals surface area (Å²) in [4.78, 5) is 20.6. The molecule has 2 aromatic rings. The van der Waals surface area contributed by atoms with Gasteiger partial charge in [-0.2, -0.15) is 0 Å². The van der Waals surface area contributed by atoms with Crippen LogP contribution in [0.1, 0.15) is 11.1 Å². The van der Waals surface area contributed by atoms with Crippen molar-refractivity contribution in [1.82, 2.24) is 0 Å². The molecule has 2 atom stereocenters. The molecular weight excluding hydrogens is 378 g/mol. The molecule has 2 aromatic carbocycles. The fraction of sp³-hybridized carbons (Fsp3) is 0.222. The summed E-state index contributed by atoms with van der Waals surface area (Å²) in [6.07, 6.45) is 0.533. The Morgan fingerprint density at radius 3 is 1.18 bits per heavy atom. The largest absolute Gasteiger partial charge is 0.544 e. The van der Waals surface area contributed by atoms with Gasteiger partial charge in [0.25, 0.3) is 0 Å². The standard InChI is InChI=1S/2C9H10FNO2.2H2O/c2*10-7-3-1-6(2-4-7)5-8(11)9(12)13;;/h2*1-4,8H,5,11H2,(H,12,13);2*1H2/t2*8-;;/m00../s1. The van der Waals surface area contributed by atoms with Crippen molar-refractivity contribution in [2.24, 2.45) is 0 Å². The lowest BCUT2D eigenvalue weighted by Gasteiger charge is -2.08. The number of carbonyl (C=O) groups excluding carboxylic acids is 2. The Bertz CT molecular complexity index is 662. The molecule has 0 aliphatic heterocycles. The lowest BCUT2D eigenvalue weighted by atomic mass is 10.1. The zero-order valence-corrected chi connectivity index (χ0v) is 15.0. The maximum atomic E-state index is 12.4. The first-order valence-electron chi connectivity index (χ1n) is 7.75. The third-order valence-corrected chi connectivity index (χ3v) is 3.46. The van der Waals surface area contributed by atoms with Gasteiger partial charge in [-0.05, 0) is 35.4 Å². The number of hydrogen-bond donors (Lipinski definition) is 2. The van der Waals surface area contributed by atoms with E-state index in [1.807, 2.05) is 0 Å². The molecule has 0 saturated carbocycles. The predicted octanol–water partition coefficient (Wildman–Crippen LogP) is -4.19. The number of aliphatic carboxylic acids is 2. The lowest BCUT2D eigenvalue weighted by Crippen LogP contribution is -2.69. The summed E-state index contributed by atoms with van der Waals surface area (Å²) in [7, 11) is 0. The Kier molecular flexibility index (Phi) is 12.9. The average Bonchev–Trinajstić information content (AvgIpc) is 2.59. The van der Waals surface area contributed by atoms with E-state index < -0.39 is 24.0 Å². The van der Waals surface area contributed by atoms with Gasteiger partial charge in [0.05, 0.1) is 11.9 Å². The monoisotopic (exact) mass is 402 g/mol. The summed E-state index contributed by atoms with van der Waals surface area (Å²) in [5.74, 6) is -3.05.